The van der Waals surface area contributed by atoms with Gasteiger partial charge in [-0.1, -0.05) is 12.1 Å². The fourth-order valence-corrected chi connectivity index (χ4v) is 3.85. The molecule has 1 N–H and O–H groups in total. The predicted molar refractivity (Wildman–Crippen MR) is 111 cm³/mol. The number of ether oxygens (including phenoxy) is 2. The number of benzene rings is 2. The van der Waals surface area contributed by atoms with Gasteiger partial charge in [0.15, 0.2) is 5.76 Å². The number of carbonyl (C=O) groups is 1. The Kier molecular flexibility index (Phi) is 6.01. The Morgan fingerprint density at radius 3 is 2.63 bits per heavy atom. The van der Waals surface area contributed by atoms with Gasteiger partial charge >= 0.3 is 0 Å². The highest BCUT2D eigenvalue weighted by Gasteiger charge is 2.25. The van der Waals surface area contributed by atoms with Gasteiger partial charge in [-0.3, -0.25) is 9.69 Å². The van der Waals surface area contributed by atoms with Gasteiger partial charge in [-0.25, -0.2) is 4.39 Å². The molecule has 1 amide bonds. The minimum Gasteiger partial charge on any atom is -0.497 e. The minimum atomic E-state index is -0.281. The predicted octanol–water partition coefficient (Wildman–Crippen LogP) is 3.69. The van der Waals surface area contributed by atoms with E-state index in [-0.39, 0.29) is 23.5 Å². The third kappa shape index (κ3) is 4.17. The average Bonchev–Trinajstić information content (AvgIpc) is 3.11. The van der Waals surface area contributed by atoms with Crippen molar-refractivity contribution < 1.29 is 23.1 Å². The molecule has 1 saturated heterocycles. The molecule has 158 valence electrons. The first-order valence-corrected chi connectivity index (χ1v) is 9.99. The summed E-state index contributed by atoms with van der Waals surface area (Å²) in [6, 6.07) is 11.8. The van der Waals surface area contributed by atoms with Gasteiger partial charge < -0.3 is 19.2 Å². The number of carbonyl (C=O) groups excluding carboxylic acids is 1. The Morgan fingerprint density at radius 1 is 1.20 bits per heavy atom. The third-order valence-electron chi connectivity index (χ3n) is 5.55. The fraction of sp³-hybridized carbons (Fsp3) is 0.348. The van der Waals surface area contributed by atoms with Gasteiger partial charge in [0.1, 0.15) is 17.1 Å². The second-order valence-electron chi connectivity index (χ2n) is 7.34. The average molecular weight is 412 g/mol. The molecule has 1 aromatic heterocycles. The highest BCUT2D eigenvalue weighted by molar-refractivity contribution is 5.99. The summed E-state index contributed by atoms with van der Waals surface area (Å²) in [4.78, 5) is 15.2. The largest absolute Gasteiger partial charge is 0.497 e. The topological polar surface area (TPSA) is 63.9 Å². The Bertz CT molecular complexity index is 1030. The van der Waals surface area contributed by atoms with Crippen LogP contribution in [-0.2, 0) is 4.74 Å². The van der Waals surface area contributed by atoms with Crippen molar-refractivity contribution in [3.8, 4) is 5.75 Å². The smallest absolute Gasteiger partial charge is 0.287 e. The highest BCUT2D eigenvalue weighted by atomic mass is 19.1. The van der Waals surface area contributed by atoms with Crippen molar-refractivity contribution in [2.75, 3.05) is 40.0 Å². The lowest BCUT2D eigenvalue weighted by Crippen LogP contribution is -2.43. The number of hydrogen-bond acceptors (Lipinski definition) is 5. The summed E-state index contributed by atoms with van der Waals surface area (Å²) < 4.78 is 29.9. The van der Waals surface area contributed by atoms with Crippen LogP contribution in [-0.4, -0.2) is 50.8 Å². The minimum absolute atomic E-state index is 0.0803. The van der Waals surface area contributed by atoms with Gasteiger partial charge in [-0.15, -0.1) is 0 Å². The number of rotatable bonds is 6. The van der Waals surface area contributed by atoms with Crippen LogP contribution in [0.4, 0.5) is 4.39 Å². The lowest BCUT2D eigenvalue weighted by molar-refractivity contribution is 0.0161. The number of nitrogens with one attached hydrogen (secondary N) is 1. The first-order chi connectivity index (χ1) is 14.6. The molecule has 0 bridgehead atoms. The number of amides is 1. The molecule has 0 saturated carbocycles. The molecule has 1 atom stereocenters. The van der Waals surface area contributed by atoms with Crippen molar-refractivity contribution >= 4 is 16.9 Å². The second kappa shape index (κ2) is 8.85. The van der Waals surface area contributed by atoms with Gasteiger partial charge in [0, 0.05) is 30.6 Å². The van der Waals surface area contributed by atoms with Gasteiger partial charge in [0.2, 0.25) is 0 Å². The maximum Gasteiger partial charge on any atom is 0.287 e. The van der Waals surface area contributed by atoms with Crippen LogP contribution in [0.5, 0.6) is 5.75 Å². The van der Waals surface area contributed by atoms with Gasteiger partial charge in [-0.05, 0) is 42.8 Å². The van der Waals surface area contributed by atoms with Crippen LogP contribution in [0.1, 0.15) is 27.7 Å². The number of aryl methyl sites for hydroxylation is 1. The van der Waals surface area contributed by atoms with E-state index in [1.807, 2.05) is 13.0 Å². The SMILES string of the molecule is COc1ccc2oc(C(=O)NC[C@H](c3ccc(F)cc3)N3CCOCC3)c(C)c2c1. The van der Waals surface area contributed by atoms with Crippen LogP contribution in [0, 0.1) is 12.7 Å². The van der Waals surface area contributed by atoms with E-state index in [0.717, 1.165) is 29.6 Å². The fourth-order valence-electron chi connectivity index (χ4n) is 3.85. The maximum atomic E-state index is 13.4. The molecule has 0 radical (unpaired) electrons. The highest BCUT2D eigenvalue weighted by Crippen LogP contribution is 2.29. The Hall–Kier alpha value is -2.90. The Labute approximate surface area is 174 Å². The summed E-state index contributed by atoms with van der Waals surface area (Å²) in [5.74, 6) is 0.444. The zero-order chi connectivity index (χ0) is 21.1. The zero-order valence-corrected chi connectivity index (χ0v) is 17.1. The molecule has 6 nitrogen and oxygen atoms in total. The number of halogens is 1. The summed E-state index contributed by atoms with van der Waals surface area (Å²) in [5, 5.41) is 3.85. The summed E-state index contributed by atoms with van der Waals surface area (Å²) in [6.07, 6.45) is 0. The Morgan fingerprint density at radius 2 is 1.93 bits per heavy atom. The molecule has 0 aliphatic carbocycles. The first-order valence-electron chi connectivity index (χ1n) is 9.99. The number of morpholine rings is 1. The first kappa shape index (κ1) is 20.4. The molecule has 1 aliphatic rings. The molecule has 7 heteroatoms. The van der Waals surface area contributed by atoms with Crippen molar-refractivity contribution in [1.29, 1.82) is 0 Å². The monoisotopic (exact) mass is 412 g/mol. The molecule has 1 aliphatic heterocycles. The normalized spacial score (nSPS) is 15.8. The van der Waals surface area contributed by atoms with Crippen molar-refractivity contribution in [1.82, 2.24) is 10.2 Å². The summed E-state index contributed by atoms with van der Waals surface area (Å²) in [5.41, 5.74) is 2.36. The summed E-state index contributed by atoms with van der Waals surface area (Å²) in [6.45, 7) is 5.01. The molecule has 2 heterocycles. The van der Waals surface area contributed by atoms with Crippen LogP contribution in [0.3, 0.4) is 0 Å². The van der Waals surface area contributed by atoms with Gasteiger partial charge in [-0.2, -0.15) is 0 Å². The van der Waals surface area contributed by atoms with E-state index in [4.69, 9.17) is 13.9 Å². The van der Waals surface area contributed by atoms with Crippen LogP contribution < -0.4 is 10.1 Å². The van der Waals surface area contributed by atoms with E-state index in [1.165, 1.54) is 12.1 Å². The molecular weight excluding hydrogens is 387 g/mol. The number of methoxy groups -OCH3 is 1. The zero-order valence-electron chi connectivity index (χ0n) is 17.1. The van der Waals surface area contributed by atoms with E-state index in [2.05, 4.69) is 10.2 Å². The quantitative estimate of drug-likeness (QED) is 0.669. The lowest BCUT2D eigenvalue weighted by Gasteiger charge is -2.34. The van der Waals surface area contributed by atoms with E-state index in [0.29, 0.717) is 31.1 Å². The molecule has 4 rings (SSSR count). The van der Waals surface area contributed by atoms with Crippen LogP contribution in [0.15, 0.2) is 46.9 Å². The van der Waals surface area contributed by atoms with Crippen molar-refractivity contribution in [3.05, 3.63) is 65.2 Å². The van der Waals surface area contributed by atoms with Crippen molar-refractivity contribution in [2.24, 2.45) is 0 Å². The third-order valence-corrected chi connectivity index (χ3v) is 5.55. The summed E-state index contributed by atoms with van der Waals surface area (Å²) in [7, 11) is 1.60. The summed E-state index contributed by atoms with van der Waals surface area (Å²) >= 11 is 0. The molecule has 0 spiro atoms. The van der Waals surface area contributed by atoms with Crippen molar-refractivity contribution in [2.45, 2.75) is 13.0 Å². The van der Waals surface area contributed by atoms with E-state index in [9.17, 15) is 9.18 Å². The van der Waals surface area contributed by atoms with Crippen LogP contribution in [0.2, 0.25) is 0 Å². The molecular formula is C23H25FN2O4. The van der Waals surface area contributed by atoms with Crippen LogP contribution >= 0.6 is 0 Å². The second-order valence-corrected chi connectivity index (χ2v) is 7.34. The lowest BCUT2D eigenvalue weighted by atomic mass is 10.0. The maximum absolute atomic E-state index is 13.4. The van der Waals surface area contributed by atoms with Crippen LogP contribution in [0.25, 0.3) is 11.0 Å². The van der Waals surface area contributed by atoms with E-state index < -0.39 is 0 Å². The Balaban J connectivity index is 1.54. The standard InChI is InChI=1S/C23H25FN2O4/c1-15-19-13-18(28-2)7-8-21(19)30-22(15)23(27)25-14-20(26-9-11-29-12-10-26)16-3-5-17(24)6-4-16/h3-8,13,20H,9-12,14H2,1-2H3,(H,25,27)/t20-/m1/s1. The van der Waals surface area contributed by atoms with E-state index in [1.54, 1.807) is 31.4 Å². The van der Waals surface area contributed by atoms with E-state index >= 15 is 0 Å². The number of furan rings is 1. The van der Waals surface area contributed by atoms with Gasteiger partial charge in [0.05, 0.1) is 26.4 Å². The molecule has 3 aromatic rings. The number of hydrogen-bond donors (Lipinski definition) is 1. The number of fused-ring (bicyclic) bond motifs is 1. The van der Waals surface area contributed by atoms with Gasteiger partial charge in [0.25, 0.3) is 5.91 Å². The molecule has 1 fully saturated rings. The molecule has 2 aromatic carbocycles. The van der Waals surface area contributed by atoms with Crippen molar-refractivity contribution in [3.63, 3.8) is 0 Å². The molecule has 0 unspecified atom stereocenters. The number of nitrogens with zero attached hydrogens (tertiary/aromatic N) is 1. The molecule has 30 heavy (non-hydrogen) atoms.